The highest BCUT2D eigenvalue weighted by Gasteiger charge is 2.09. The van der Waals surface area contributed by atoms with Crippen LogP contribution in [0.4, 0.5) is 0 Å². The van der Waals surface area contributed by atoms with E-state index in [0.717, 1.165) is 11.8 Å². The SMILES string of the molecule is CCCC(CCCCCCNC)CC(C)C. The largest absolute Gasteiger partial charge is 0.320 e. The summed E-state index contributed by atoms with van der Waals surface area (Å²) < 4.78 is 0. The van der Waals surface area contributed by atoms with E-state index in [9.17, 15) is 0 Å². The van der Waals surface area contributed by atoms with Crippen molar-refractivity contribution in [3.63, 3.8) is 0 Å². The van der Waals surface area contributed by atoms with Crippen molar-refractivity contribution in [1.29, 1.82) is 0 Å². The van der Waals surface area contributed by atoms with Gasteiger partial charge in [0.2, 0.25) is 0 Å². The van der Waals surface area contributed by atoms with Crippen molar-refractivity contribution >= 4 is 0 Å². The van der Waals surface area contributed by atoms with Gasteiger partial charge in [0.1, 0.15) is 0 Å². The molecular formula is C15H33N. The van der Waals surface area contributed by atoms with Crippen LogP contribution >= 0.6 is 0 Å². The molecule has 0 aromatic rings. The molecule has 1 atom stereocenters. The molecule has 0 spiro atoms. The molecule has 0 amide bonds. The second-order valence-corrected chi connectivity index (χ2v) is 5.59. The molecule has 0 heterocycles. The molecule has 0 aliphatic carbocycles. The van der Waals surface area contributed by atoms with Crippen LogP contribution in [0.25, 0.3) is 0 Å². The van der Waals surface area contributed by atoms with Gasteiger partial charge in [-0.1, -0.05) is 59.3 Å². The molecule has 0 aromatic heterocycles. The molecule has 16 heavy (non-hydrogen) atoms. The van der Waals surface area contributed by atoms with E-state index in [2.05, 4.69) is 26.1 Å². The predicted molar refractivity (Wildman–Crippen MR) is 74.9 cm³/mol. The monoisotopic (exact) mass is 227 g/mol. The molecule has 1 heteroatoms. The zero-order chi connectivity index (χ0) is 12.2. The second-order valence-electron chi connectivity index (χ2n) is 5.59. The molecule has 0 aliphatic heterocycles. The van der Waals surface area contributed by atoms with Crippen LogP contribution in [0.1, 0.15) is 72.1 Å². The summed E-state index contributed by atoms with van der Waals surface area (Å²) in [5.41, 5.74) is 0. The smallest absolute Gasteiger partial charge is 0.00519 e. The summed E-state index contributed by atoms with van der Waals surface area (Å²) in [5, 5.41) is 3.21. The van der Waals surface area contributed by atoms with Gasteiger partial charge in [0.15, 0.2) is 0 Å². The van der Waals surface area contributed by atoms with Crippen LogP contribution in [0.2, 0.25) is 0 Å². The van der Waals surface area contributed by atoms with Crippen LogP contribution in [0.5, 0.6) is 0 Å². The van der Waals surface area contributed by atoms with Gasteiger partial charge in [-0.3, -0.25) is 0 Å². The standard InChI is InChI=1S/C15H33N/c1-5-10-15(13-14(2)3)11-8-6-7-9-12-16-4/h14-16H,5-13H2,1-4H3. The summed E-state index contributed by atoms with van der Waals surface area (Å²) in [7, 11) is 2.04. The Morgan fingerprint density at radius 3 is 2.19 bits per heavy atom. The van der Waals surface area contributed by atoms with Crippen molar-refractivity contribution in [1.82, 2.24) is 5.32 Å². The molecule has 0 aliphatic rings. The Morgan fingerprint density at radius 2 is 1.62 bits per heavy atom. The maximum absolute atomic E-state index is 3.21. The van der Waals surface area contributed by atoms with Gasteiger partial charge in [-0.05, 0) is 38.3 Å². The fourth-order valence-corrected chi connectivity index (χ4v) is 2.54. The highest BCUT2D eigenvalue weighted by Crippen LogP contribution is 2.23. The first-order valence-corrected chi connectivity index (χ1v) is 7.35. The van der Waals surface area contributed by atoms with E-state index in [1.54, 1.807) is 0 Å². The first-order valence-electron chi connectivity index (χ1n) is 7.35. The molecule has 0 aromatic carbocycles. The molecule has 0 bridgehead atoms. The third-order valence-electron chi connectivity index (χ3n) is 3.29. The predicted octanol–water partition coefficient (Wildman–Crippen LogP) is 4.62. The maximum Gasteiger partial charge on any atom is -0.00519 e. The molecule has 0 radical (unpaired) electrons. The molecule has 98 valence electrons. The third kappa shape index (κ3) is 10.5. The summed E-state index contributed by atoms with van der Waals surface area (Å²) in [4.78, 5) is 0. The Kier molecular flexibility index (Phi) is 11.4. The van der Waals surface area contributed by atoms with Crippen LogP contribution in [-0.4, -0.2) is 13.6 Å². The minimum Gasteiger partial charge on any atom is -0.320 e. The van der Waals surface area contributed by atoms with Crippen LogP contribution in [0, 0.1) is 11.8 Å². The molecule has 0 saturated heterocycles. The molecule has 0 saturated carbocycles. The Balaban J connectivity index is 3.44. The van der Waals surface area contributed by atoms with Crippen molar-refractivity contribution in [2.45, 2.75) is 72.1 Å². The normalized spacial score (nSPS) is 13.3. The van der Waals surface area contributed by atoms with Crippen molar-refractivity contribution in [3.8, 4) is 0 Å². The van der Waals surface area contributed by atoms with Gasteiger partial charge in [-0.15, -0.1) is 0 Å². The lowest BCUT2D eigenvalue weighted by Gasteiger charge is -2.18. The van der Waals surface area contributed by atoms with Gasteiger partial charge < -0.3 is 5.32 Å². The van der Waals surface area contributed by atoms with E-state index in [-0.39, 0.29) is 0 Å². The summed E-state index contributed by atoms with van der Waals surface area (Å²) >= 11 is 0. The minimum atomic E-state index is 0.876. The lowest BCUT2D eigenvalue weighted by molar-refractivity contribution is 0.348. The van der Waals surface area contributed by atoms with Gasteiger partial charge in [0.25, 0.3) is 0 Å². The molecule has 0 rings (SSSR count). The lowest BCUT2D eigenvalue weighted by atomic mass is 9.88. The van der Waals surface area contributed by atoms with Crippen molar-refractivity contribution in [2.75, 3.05) is 13.6 Å². The fraction of sp³-hybridized carbons (Fsp3) is 1.00. The second kappa shape index (κ2) is 11.4. The maximum atomic E-state index is 3.21. The number of hydrogen-bond acceptors (Lipinski definition) is 1. The average Bonchev–Trinajstić information content (AvgIpc) is 2.22. The van der Waals surface area contributed by atoms with E-state index in [1.165, 1.54) is 57.9 Å². The first-order chi connectivity index (χ1) is 7.70. The van der Waals surface area contributed by atoms with Gasteiger partial charge in [-0.2, -0.15) is 0 Å². The Labute approximate surface area is 103 Å². The quantitative estimate of drug-likeness (QED) is 0.508. The summed E-state index contributed by atoms with van der Waals surface area (Å²) in [6.45, 7) is 8.22. The Bertz CT molecular complexity index is 131. The van der Waals surface area contributed by atoms with Crippen molar-refractivity contribution < 1.29 is 0 Å². The Morgan fingerprint density at radius 1 is 0.938 bits per heavy atom. The minimum absolute atomic E-state index is 0.876. The molecule has 1 N–H and O–H groups in total. The van der Waals surface area contributed by atoms with E-state index in [1.807, 2.05) is 7.05 Å². The molecule has 0 fully saturated rings. The zero-order valence-corrected chi connectivity index (χ0v) is 12.0. The summed E-state index contributed by atoms with van der Waals surface area (Å²) in [6.07, 6.45) is 11.3. The van der Waals surface area contributed by atoms with Crippen molar-refractivity contribution in [3.05, 3.63) is 0 Å². The molecular weight excluding hydrogens is 194 g/mol. The van der Waals surface area contributed by atoms with Crippen LogP contribution < -0.4 is 5.32 Å². The van der Waals surface area contributed by atoms with Crippen LogP contribution in [-0.2, 0) is 0 Å². The van der Waals surface area contributed by atoms with E-state index >= 15 is 0 Å². The van der Waals surface area contributed by atoms with E-state index in [0.29, 0.717) is 0 Å². The van der Waals surface area contributed by atoms with E-state index in [4.69, 9.17) is 0 Å². The van der Waals surface area contributed by atoms with Crippen molar-refractivity contribution in [2.24, 2.45) is 11.8 Å². The van der Waals surface area contributed by atoms with Gasteiger partial charge >= 0.3 is 0 Å². The highest BCUT2D eigenvalue weighted by atomic mass is 14.8. The van der Waals surface area contributed by atoms with Gasteiger partial charge in [0.05, 0.1) is 0 Å². The first kappa shape index (κ1) is 16.0. The Hall–Kier alpha value is -0.0400. The third-order valence-corrected chi connectivity index (χ3v) is 3.29. The number of hydrogen-bond donors (Lipinski definition) is 1. The molecule has 1 nitrogen and oxygen atoms in total. The average molecular weight is 227 g/mol. The highest BCUT2D eigenvalue weighted by molar-refractivity contribution is 4.62. The number of unbranched alkanes of at least 4 members (excludes halogenated alkanes) is 3. The molecule has 1 unspecified atom stereocenters. The fourth-order valence-electron chi connectivity index (χ4n) is 2.54. The van der Waals surface area contributed by atoms with Gasteiger partial charge in [-0.25, -0.2) is 0 Å². The van der Waals surface area contributed by atoms with Crippen LogP contribution in [0.15, 0.2) is 0 Å². The number of nitrogens with one attached hydrogen (secondary N) is 1. The van der Waals surface area contributed by atoms with Crippen LogP contribution in [0.3, 0.4) is 0 Å². The summed E-state index contributed by atoms with van der Waals surface area (Å²) in [6, 6.07) is 0. The summed E-state index contributed by atoms with van der Waals surface area (Å²) in [5.74, 6) is 1.87. The lowest BCUT2D eigenvalue weighted by Crippen LogP contribution is -2.07. The zero-order valence-electron chi connectivity index (χ0n) is 12.0. The topological polar surface area (TPSA) is 12.0 Å². The van der Waals surface area contributed by atoms with E-state index < -0.39 is 0 Å². The van der Waals surface area contributed by atoms with Gasteiger partial charge in [0, 0.05) is 0 Å². The number of rotatable bonds is 11.